The average Bonchev–Trinajstić information content (AvgIpc) is 3.06. The first-order valence-corrected chi connectivity index (χ1v) is 9.99. The second-order valence-electron chi connectivity index (χ2n) is 7.01. The van der Waals surface area contributed by atoms with Crippen molar-refractivity contribution in [3.63, 3.8) is 0 Å². The molecule has 0 saturated carbocycles. The third-order valence-electron chi connectivity index (χ3n) is 4.36. The van der Waals surface area contributed by atoms with Gasteiger partial charge in [-0.3, -0.25) is 9.59 Å². The Morgan fingerprint density at radius 1 is 0.935 bits per heavy atom. The molecular weight excluding hydrogens is 398 g/mol. The summed E-state index contributed by atoms with van der Waals surface area (Å²) in [5.41, 5.74) is 1.59. The number of nitrogens with zero attached hydrogens (tertiary/aromatic N) is 2. The van der Waals surface area contributed by atoms with Crippen LogP contribution in [0.1, 0.15) is 33.6 Å². The Balaban J connectivity index is 1.84. The minimum absolute atomic E-state index is 0.226. The van der Waals surface area contributed by atoms with Crippen molar-refractivity contribution in [3.05, 3.63) is 42.5 Å². The predicted molar refractivity (Wildman–Crippen MR) is 120 cm³/mol. The summed E-state index contributed by atoms with van der Waals surface area (Å²) in [5.74, 6) is 0.405. The number of rotatable bonds is 7. The van der Waals surface area contributed by atoms with Crippen LogP contribution in [0.25, 0.3) is 10.9 Å². The van der Waals surface area contributed by atoms with E-state index in [1.54, 1.807) is 42.5 Å². The van der Waals surface area contributed by atoms with Crippen molar-refractivity contribution in [1.29, 1.82) is 0 Å². The lowest BCUT2D eigenvalue weighted by Crippen LogP contribution is -2.21. The second kappa shape index (κ2) is 9.75. The normalized spacial score (nSPS) is 10.5. The zero-order chi connectivity index (χ0) is 22.4. The number of hydrogen-bond acceptors (Lipinski definition) is 5. The number of nitrogens with one attached hydrogen (secondary N) is 3. The maximum absolute atomic E-state index is 12.9. The van der Waals surface area contributed by atoms with E-state index in [0.717, 1.165) is 18.6 Å². The molecule has 0 aliphatic carbocycles. The molecule has 0 saturated heterocycles. The highest BCUT2D eigenvalue weighted by atomic mass is 16.5. The Morgan fingerprint density at radius 2 is 1.61 bits per heavy atom. The SMILES string of the molecule is CCCCOc1ccc(NC(=O)n2nc(NC(C)=O)c3cc(NC(C)=O)ccc32)cc1. The number of hydrogen-bond donors (Lipinski definition) is 3. The predicted octanol–water partition coefficient (Wildman–Crippen LogP) is 4.21. The van der Waals surface area contributed by atoms with Crippen molar-refractivity contribution in [1.82, 2.24) is 9.78 Å². The number of fused-ring (bicyclic) bond motifs is 1. The van der Waals surface area contributed by atoms with E-state index in [9.17, 15) is 14.4 Å². The topological polar surface area (TPSA) is 114 Å². The molecule has 31 heavy (non-hydrogen) atoms. The maximum atomic E-state index is 12.9. The lowest BCUT2D eigenvalue weighted by Gasteiger charge is -2.08. The molecule has 1 aromatic heterocycles. The van der Waals surface area contributed by atoms with E-state index in [4.69, 9.17) is 4.74 Å². The monoisotopic (exact) mass is 423 g/mol. The number of unbranched alkanes of at least 4 members (excludes halogenated alkanes) is 1. The van der Waals surface area contributed by atoms with Crippen molar-refractivity contribution in [3.8, 4) is 5.75 Å². The molecule has 0 aliphatic rings. The molecule has 162 valence electrons. The summed E-state index contributed by atoms with van der Waals surface area (Å²) in [6.45, 7) is 5.50. The summed E-state index contributed by atoms with van der Waals surface area (Å²) < 4.78 is 6.80. The lowest BCUT2D eigenvalue weighted by molar-refractivity contribution is -0.115. The summed E-state index contributed by atoms with van der Waals surface area (Å²) in [4.78, 5) is 35.8. The Kier molecular flexibility index (Phi) is 6.86. The zero-order valence-electron chi connectivity index (χ0n) is 17.7. The summed E-state index contributed by atoms with van der Waals surface area (Å²) in [5, 5.41) is 12.9. The summed E-state index contributed by atoms with van der Waals surface area (Å²) in [7, 11) is 0. The van der Waals surface area contributed by atoms with E-state index in [1.807, 2.05) is 0 Å². The molecular formula is C22H25N5O4. The van der Waals surface area contributed by atoms with Crippen LogP contribution in [-0.2, 0) is 9.59 Å². The van der Waals surface area contributed by atoms with E-state index in [2.05, 4.69) is 28.0 Å². The van der Waals surface area contributed by atoms with Crippen LogP contribution in [0.15, 0.2) is 42.5 Å². The number of amides is 3. The highest BCUT2D eigenvalue weighted by Crippen LogP contribution is 2.27. The van der Waals surface area contributed by atoms with Gasteiger partial charge in [-0.2, -0.15) is 4.68 Å². The van der Waals surface area contributed by atoms with Crippen LogP contribution in [0.3, 0.4) is 0 Å². The number of ether oxygens (including phenoxy) is 1. The molecule has 9 nitrogen and oxygen atoms in total. The number of benzene rings is 2. The minimum atomic E-state index is -0.492. The molecule has 3 aromatic rings. The van der Waals surface area contributed by atoms with Crippen molar-refractivity contribution < 1.29 is 19.1 Å². The molecule has 0 aliphatic heterocycles. The molecule has 0 atom stereocenters. The van der Waals surface area contributed by atoms with Crippen LogP contribution in [-0.4, -0.2) is 34.2 Å². The van der Waals surface area contributed by atoms with Gasteiger partial charge in [0.1, 0.15) is 5.75 Å². The van der Waals surface area contributed by atoms with Gasteiger partial charge >= 0.3 is 6.03 Å². The van der Waals surface area contributed by atoms with Crippen LogP contribution in [0, 0.1) is 0 Å². The molecule has 0 unspecified atom stereocenters. The van der Waals surface area contributed by atoms with Crippen LogP contribution < -0.4 is 20.7 Å². The zero-order valence-corrected chi connectivity index (χ0v) is 17.7. The molecule has 0 bridgehead atoms. The third-order valence-corrected chi connectivity index (χ3v) is 4.36. The molecule has 3 N–H and O–H groups in total. The first kappa shape index (κ1) is 21.8. The summed E-state index contributed by atoms with van der Waals surface area (Å²) in [6.07, 6.45) is 2.03. The Morgan fingerprint density at radius 3 is 2.26 bits per heavy atom. The fraction of sp³-hybridized carbons (Fsp3) is 0.273. The molecule has 2 aromatic carbocycles. The Bertz CT molecular complexity index is 1110. The van der Waals surface area contributed by atoms with Gasteiger partial charge in [-0.05, 0) is 48.9 Å². The Hall–Kier alpha value is -3.88. The van der Waals surface area contributed by atoms with Crippen molar-refractivity contribution in [2.75, 3.05) is 22.6 Å². The van der Waals surface area contributed by atoms with E-state index in [1.165, 1.54) is 18.5 Å². The van der Waals surface area contributed by atoms with E-state index in [0.29, 0.717) is 28.9 Å². The van der Waals surface area contributed by atoms with Gasteiger partial charge in [-0.15, -0.1) is 5.10 Å². The highest BCUT2D eigenvalue weighted by Gasteiger charge is 2.17. The lowest BCUT2D eigenvalue weighted by atomic mass is 10.2. The van der Waals surface area contributed by atoms with Gasteiger partial charge in [0.25, 0.3) is 0 Å². The van der Waals surface area contributed by atoms with Crippen LogP contribution in [0.4, 0.5) is 22.0 Å². The van der Waals surface area contributed by atoms with Gasteiger partial charge in [-0.1, -0.05) is 13.3 Å². The van der Waals surface area contributed by atoms with Gasteiger partial charge in [-0.25, -0.2) is 4.79 Å². The highest BCUT2D eigenvalue weighted by molar-refractivity contribution is 6.06. The first-order chi connectivity index (χ1) is 14.9. The van der Waals surface area contributed by atoms with Crippen LogP contribution in [0.5, 0.6) is 5.75 Å². The number of carbonyl (C=O) groups excluding carboxylic acids is 3. The van der Waals surface area contributed by atoms with Gasteiger partial charge < -0.3 is 20.7 Å². The molecule has 0 fully saturated rings. The third kappa shape index (κ3) is 5.59. The summed E-state index contributed by atoms with van der Waals surface area (Å²) >= 11 is 0. The van der Waals surface area contributed by atoms with Crippen LogP contribution in [0.2, 0.25) is 0 Å². The standard InChI is InChI=1S/C22H25N5O4/c1-4-5-12-31-18-9-6-16(7-10-18)25-22(30)27-20-11-8-17(23-14(2)28)13-19(20)21(26-27)24-15(3)29/h6-11,13H,4-5,12H2,1-3H3,(H,23,28)(H,25,30)(H,24,26,29). The minimum Gasteiger partial charge on any atom is -0.494 e. The van der Waals surface area contributed by atoms with Crippen molar-refractivity contribution >= 4 is 45.9 Å². The van der Waals surface area contributed by atoms with E-state index in [-0.39, 0.29) is 17.6 Å². The number of anilines is 3. The molecule has 3 rings (SSSR count). The van der Waals surface area contributed by atoms with Crippen molar-refractivity contribution in [2.45, 2.75) is 33.6 Å². The molecule has 3 amide bonds. The van der Waals surface area contributed by atoms with Gasteiger partial charge in [0, 0.05) is 30.6 Å². The Labute approximate surface area is 179 Å². The fourth-order valence-electron chi connectivity index (χ4n) is 2.96. The molecule has 0 radical (unpaired) electrons. The van der Waals surface area contributed by atoms with Crippen molar-refractivity contribution in [2.24, 2.45) is 0 Å². The largest absolute Gasteiger partial charge is 0.494 e. The number of aromatic nitrogens is 2. The number of carbonyl (C=O) groups is 3. The average molecular weight is 423 g/mol. The first-order valence-electron chi connectivity index (χ1n) is 9.99. The van der Waals surface area contributed by atoms with Gasteiger partial charge in [0.15, 0.2) is 5.82 Å². The maximum Gasteiger partial charge on any atom is 0.347 e. The van der Waals surface area contributed by atoms with Gasteiger partial charge in [0.05, 0.1) is 12.1 Å². The molecule has 1 heterocycles. The summed E-state index contributed by atoms with van der Waals surface area (Å²) in [6, 6.07) is 11.5. The van der Waals surface area contributed by atoms with Gasteiger partial charge in [0.2, 0.25) is 11.8 Å². The second-order valence-corrected chi connectivity index (χ2v) is 7.01. The van der Waals surface area contributed by atoms with E-state index < -0.39 is 6.03 Å². The van der Waals surface area contributed by atoms with E-state index >= 15 is 0 Å². The quantitative estimate of drug-likeness (QED) is 0.493. The fourth-order valence-corrected chi connectivity index (χ4v) is 2.96. The smallest absolute Gasteiger partial charge is 0.347 e. The van der Waals surface area contributed by atoms with Crippen LogP contribution >= 0.6 is 0 Å². The molecule has 9 heteroatoms. The molecule has 0 spiro atoms.